The number of ether oxygens (including phenoxy) is 1. The summed E-state index contributed by atoms with van der Waals surface area (Å²) in [6.45, 7) is 4.20. The summed E-state index contributed by atoms with van der Waals surface area (Å²) in [4.78, 5) is 0. The molecule has 0 unspecified atom stereocenters. The molecule has 1 radical (unpaired) electrons. The molecule has 1 aliphatic rings. The van der Waals surface area contributed by atoms with Crippen molar-refractivity contribution in [1.29, 1.82) is 0 Å². The summed E-state index contributed by atoms with van der Waals surface area (Å²) in [5, 5.41) is 0. The Balaban J connectivity index is 2.45. The number of benzene rings is 1. The van der Waals surface area contributed by atoms with Gasteiger partial charge in [-0.2, -0.15) is 0 Å². The maximum absolute atomic E-state index is 5.48. The molecule has 2 rings (SSSR count). The van der Waals surface area contributed by atoms with Gasteiger partial charge in [0, 0.05) is 5.57 Å². The van der Waals surface area contributed by atoms with Crippen LogP contribution < -0.4 is 0 Å². The first-order chi connectivity index (χ1) is 7.72. The van der Waals surface area contributed by atoms with Crippen LogP contribution in [-0.4, -0.2) is 7.11 Å². The van der Waals surface area contributed by atoms with Crippen LogP contribution in [0.2, 0.25) is 0 Å². The van der Waals surface area contributed by atoms with Gasteiger partial charge in [-0.3, -0.25) is 0 Å². The van der Waals surface area contributed by atoms with Crippen molar-refractivity contribution in [1.82, 2.24) is 0 Å². The molecule has 0 amide bonds. The van der Waals surface area contributed by atoms with E-state index in [4.69, 9.17) is 4.74 Å². The lowest BCUT2D eigenvalue weighted by Gasteiger charge is -2.18. The van der Waals surface area contributed by atoms with Crippen molar-refractivity contribution in [3.8, 4) is 0 Å². The second-order valence-corrected chi connectivity index (χ2v) is 4.14. The van der Waals surface area contributed by atoms with Crippen LogP contribution in [0.3, 0.4) is 0 Å². The maximum Gasteiger partial charge on any atom is 0.125 e. The first kappa shape index (κ1) is 11.0. The average Bonchev–Trinajstić information content (AvgIpc) is 2.30. The SMILES string of the molecule is COC1=C(c2ccc(C)cc2)[CH]CC=C1C. The van der Waals surface area contributed by atoms with E-state index < -0.39 is 0 Å². The molecule has 0 saturated carbocycles. The summed E-state index contributed by atoms with van der Waals surface area (Å²) in [7, 11) is 1.74. The summed E-state index contributed by atoms with van der Waals surface area (Å²) in [6, 6.07) is 8.58. The van der Waals surface area contributed by atoms with E-state index >= 15 is 0 Å². The molecule has 16 heavy (non-hydrogen) atoms. The summed E-state index contributed by atoms with van der Waals surface area (Å²) < 4.78 is 5.48. The monoisotopic (exact) mass is 213 g/mol. The number of methoxy groups -OCH3 is 1. The van der Waals surface area contributed by atoms with Gasteiger partial charge in [-0.15, -0.1) is 0 Å². The molecule has 0 saturated heterocycles. The minimum absolute atomic E-state index is 0.988. The van der Waals surface area contributed by atoms with Gasteiger partial charge < -0.3 is 4.74 Å². The highest BCUT2D eigenvalue weighted by Gasteiger charge is 2.15. The lowest BCUT2D eigenvalue weighted by molar-refractivity contribution is 0.302. The molecule has 1 nitrogen and oxygen atoms in total. The molecule has 0 aromatic heterocycles. The smallest absolute Gasteiger partial charge is 0.125 e. The van der Waals surface area contributed by atoms with Crippen molar-refractivity contribution in [3.63, 3.8) is 0 Å². The Hall–Kier alpha value is -1.50. The van der Waals surface area contributed by atoms with Crippen molar-refractivity contribution in [2.45, 2.75) is 20.3 Å². The number of hydrogen-bond acceptors (Lipinski definition) is 1. The number of allylic oxidation sites excluding steroid dienone is 3. The zero-order valence-corrected chi connectivity index (χ0v) is 10.1. The fourth-order valence-electron chi connectivity index (χ4n) is 2.00. The van der Waals surface area contributed by atoms with Gasteiger partial charge in [0.2, 0.25) is 0 Å². The maximum atomic E-state index is 5.48. The molecule has 0 aliphatic heterocycles. The Morgan fingerprint density at radius 2 is 1.75 bits per heavy atom. The molecule has 1 aliphatic carbocycles. The van der Waals surface area contributed by atoms with E-state index in [1.165, 1.54) is 22.3 Å². The molecule has 0 atom stereocenters. The van der Waals surface area contributed by atoms with Crippen molar-refractivity contribution < 1.29 is 4.74 Å². The third kappa shape index (κ3) is 2.04. The van der Waals surface area contributed by atoms with Crippen LogP contribution in [0.5, 0.6) is 0 Å². The Labute approximate surface area is 97.4 Å². The molecule has 1 heteroatoms. The molecule has 83 valence electrons. The fraction of sp³-hybridized carbons (Fsp3) is 0.267. The Bertz CT molecular complexity index is 435. The van der Waals surface area contributed by atoms with Crippen LogP contribution in [0, 0.1) is 13.3 Å². The summed E-state index contributed by atoms with van der Waals surface area (Å²) >= 11 is 0. The zero-order valence-electron chi connectivity index (χ0n) is 10.1. The minimum Gasteiger partial charge on any atom is -0.496 e. The second-order valence-electron chi connectivity index (χ2n) is 4.14. The van der Waals surface area contributed by atoms with Crippen LogP contribution in [0.4, 0.5) is 0 Å². The van der Waals surface area contributed by atoms with Crippen molar-refractivity contribution in [3.05, 3.63) is 59.2 Å². The van der Waals surface area contributed by atoms with E-state index in [1.807, 2.05) is 0 Å². The third-order valence-electron chi connectivity index (χ3n) is 2.92. The van der Waals surface area contributed by atoms with E-state index in [0.717, 1.165) is 12.2 Å². The van der Waals surface area contributed by atoms with E-state index in [1.54, 1.807) is 7.11 Å². The largest absolute Gasteiger partial charge is 0.496 e. The van der Waals surface area contributed by atoms with Gasteiger partial charge in [-0.25, -0.2) is 0 Å². The lowest BCUT2D eigenvalue weighted by atomic mass is 9.92. The highest BCUT2D eigenvalue weighted by Crippen LogP contribution is 2.31. The highest BCUT2D eigenvalue weighted by atomic mass is 16.5. The summed E-state index contributed by atoms with van der Waals surface area (Å²) in [6.07, 6.45) is 5.40. The Morgan fingerprint density at radius 1 is 1.06 bits per heavy atom. The first-order valence-electron chi connectivity index (χ1n) is 5.58. The highest BCUT2D eigenvalue weighted by molar-refractivity contribution is 5.77. The first-order valence-corrected chi connectivity index (χ1v) is 5.58. The van der Waals surface area contributed by atoms with Gasteiger partial charge in [0.1, 0.15) is 5.76 Å². The molecule has 0 N–H and O–H groups in total. The lowest BCUT2D eigenvalue weighted by Crippen LogP contribution is -2.01. The Morgan fingerprint density at radius 3 is 2.38 bits per heavy atom. The van der Waals surface area contributed by atoms with Gasteiger partial charge in [0.05, 0.1) is 7.11 Å². The number of rotatable bonds is 2. The van der Waals surface area contributed by atoms with E-state index in [9.17, 15) is 0 Å². The standard InChI is InChI=1S/C15H17O/c1-11-7-9-13(10-8-11)14-6-4-5-12(2)15(14)16-3/h5-10H,4H2,1-3H3. The zero-order chi connectivity index (χ0) is 11.5. The quantitative estimate of drug-likeness (QED) is 0.723. The van der Waals surface area contributed by atoms with Gasteiger partial charge in [-0.1, -0.05) is 35.9 Å². The topological polar surface area (TPSA) is 9.23 Å². The summed E-state index contributed by atoms with van der Waals surface area (Å²) in [5.41, 5.74) is 4.95. The molecule has 0 spiro atoms. The van der Waals surface area contributed by atoms with Gasteiger partial charge in [0.25, 0.3) is 0 Å². The molecular weight excluding hydrogens is 196 g/mol. The van der Waals surface area contributed by atoms with Crippen LogP contribution >= 0.6 is 0 Å². The molecule has 0 bridgehead atoms. The molecular formula is C15H17O. The summed E-state index contributed by atoms with van der Waals surface area (Å²) in [5.74, 6) is 0.995. The average molecular weight is 213 g/mol. The van der Waals surface area contributed by atoms with Crippen LogP contribution in [0.15, 0.2) is 41.7 Å². The molecule has 1 aromatic rings. The van der Waals surface area contributed by atoms with Crippen molar-refractivity contribution >= 4 is 5.57 Å². The van der Waals surface area contributed by atoms with Crippen LogP contribution in [0.1, 0.15) is 24.5 Å². The van der Waals surface area contributed by atoms with Gasteiger partial charge >= 0.3 is 0 Å². The van der Waals surface area contributed by atoms with Crippen LogP contribution in [0.25, 0.3) is 5.57 Å². The van der Waals surface area contributed by atoms with E-state index in [2.05, 4.69) is 50.6 Å². The predicted octanol–water partition coefficient (Wildman–Crippen LogP) is 3.91. The number of hydrogen-bond donors (Lipinski definition) is 0. The fourth-order valence-corrected chi connectivity index (χ4v) is 2.00. The van der Waals surface area contributed by atoms with Gasteiger partial charge in [0.15, 0.2) is 0 Å². The number of aryl methyl sites for hydroxylation is 1. The molecule has 0 heterocycles. The van der Waals surface area contributed by atoms with Crippen molar-refractivity contribution in [2.24, 2.45) is 0 Å². The van der Waals surface area contributed by atoms with E-state index in [0.29, 0.717) is 0 Å². The third-order valence-corrected chi connectivity index (χ3v) is 2.92. The minimum atomic E-state index is 0.988. The predicted molar refractivity (Wildman–Crippen MR) is 67.8 cm³/mol. The van der Waals surface area contributed by atoms with Crippen molar-refractivity contribution in [2.75, 3.05) is 7.11 Å². The van der Waals surface area contributed by atoms with Crippen LogP contribution in [-0.2, 0) is 4.74 Å². The Kier molecular flexibility index (Phi) is 3.14. The second kappa shape index (κ2) is 4.56. The normalized spacial score (nSPS) is 16.1. The van der Waals surface area contributed by atoms with E-state index in [-0.39, 0.29) is 0 Å². The van der Waals surface area contributed by atoms with Gasteiger partial charge in [-0.05, 0) is 37.8 Å². The molecule has 0 fully saturated rings. The molecule has 1 aromatic carbocycles.